The highest BCUT2D eigenvalue weighted by Crippen LogP contribution is 2.24. The number of carbonyl (C=O) groups is 1. The lowest BCUT2D eigenvalue weighted by molar-refractivity contribution is 0.102. The van der Waals surface area contributed by atoms with Gasteiger partial charge in [0, 0.05) is 11.1 Å². The molecule has 1 amide bonds. The maximum Gasteiger partial charge on any atom is 0.322 e. The fourth-order valence-corrected chi connectivity index (χ4v) is 4.39. The summed E-state index contributed by atoms with van der Waals surface area (Å²) in [4.78, 5) is 16.8. The zero-order chi connectivity index (χ0) is 20.6. The Labute approximate surface area is 170 Å². The smallest absolute Gasteiger partial charge is 0.322 e. The minimum atomic E-state index is -3.36. The molecule has 10 heteroatoms. The summed E-state index contributed by atoms with van der Waals surface area (Å²) >= 11 is 1.45. The van der Waals surface area contributed by atoms with Crippen LogP contribution < -0.4 is 5.32 Å². The Bertz CT molecular complexity index is 1290. The van der Waals surface area contributed by atoms with Crippen molar-refractivity contribution in [3.05, 3.63) is 53.5 Å². The van der Waals surface area contributed by atoms with Gasteiger partial charge in [0.15, 0.2) is 9.84 Å². The summed E-state index contributed by atoms with van der Waals surface area (Å²) in [5.74, 6) is -0.208. The van der Waals surface area contributed by atoms with Gasteiger partial charge in [-0.05, 0) is 56.3 Å². The first-order chi connectivity index (χ1) is 13.8. The lowest BCUT2D eigenvalue weighted by Crippen LogP contribution is -2.13. The number of fused-ring (bicyclic) bond motifs is 1. The van der Waals surface area contributed by atoms with Gasteiger partial charge in [0.1, 0.15) is 0 Å². The summed E-state index contributed by atoms with van der Waals surface area (Å²) in [6.45, 7) is 3.26. The standard InChI is InChI=1S/C19H16N4O4S2/c1-11(2)29(25,26)14-6-3-12(4-7-14)18-22-23-19(27-18)21-17(24)13-5-8-15-16(9-13)28-10-20-15/h3-11H,1-2H3,(H,21,23,24). The molecule has 0 saturated heterocycles. The number of hydrogen-bond donors (Lipinski definition) is 1. The van der Waals surface area contributed by atoms with Crippen LogP contribution >= 0.6 is 11.3 Å². The summed E-state index contributed by atoms with van der Waals surface area (Å²) < 4.78 is 30.8. The van der Waals surface area contributed by atoms with Crippen molar-refractivity contribution in [1.82, 2.24) is 15.2 Å². The molecule has 0 unspecified atom stereocenters. The van der Waals surface area contributed by atoms with Crippen LogP contribution in [0.1, 0.15) is 24.2 Å². The zero-order valence-corrected chi connectivity index (χ0v) is 17.1. The first-order valence-corrected chi connectivity index (χ1v) is 11.1. The molecule has 4 aromatic rings. The number of nitrogens with one attached hydrogen (secondary N) is 1. The van der Waals surface area contributed by atoms with Crippen molar-refractivity contribution in [2.45, 2.75) is 24.0 Å². The largest absolute Gasteiger partial charge is 0.403 e. The van der Waals surface area contributed by atoms with E-state index in [0.717, 1.165) is 10.2 Å². The molecule has 0 aliphatic carbocycles. The van der Waals surface area contributed by atoms with Crippen LogP contribution in [0.4, 0.5) is 6.01 Å². The summed E-state index contributed by atoms with van der Waals surface area (Å²) in [7, 11) is -3.36. The maximum absolute atomic E-state index is 12.4. The Balaban J connectivity index is 1.51. The highest BCUT2D eigenvalue weighted by Gasteiger charge is 2.20. The van der Waals surface area contributed by atoms with E-state index in [-0.39, 0.29) is 22.7 Å². The highest BCUT2D eigenvalue weighted by atomic mass is 32.2. The maximum atomic E-state index is 12.4. The molecular formula is C19H16N4O4S2. The molecule has 0 fully saturated rings. The number of rotatable bonds is 5. The predicted molar refractivity (Wildman–Crippen MR) is 110 cm³/mol. The van der Waals surface area contributed by atoms with Gasteiger partial charge in [-0.3, -0.25) is 10.1 Å². The molecule has 4 rings (SSSR count). The molecule has 0 aliphatic rings. The third-order valence-corrected chi connectivity index (χ3v) is 7.25. The van der Waals surface area contributed by atoms with Crippen molar-refractivity contribution in [3.8, 4) is 11.5 Å². The molecule has 0 spiro atoms. The molecule has 2 heterocycles. The molecule has 0 radical (unpaired) electrons. The van der Waals surface area contributed by atoms with Crippen LogP contribution in [-0.4, -0.2) is 34.8 Å². The summed E-state index contributed by atoms with van der Waals surface area (Å²) in [6.07, 6.45) is 0. The van der Waals surface area contributed by atoms with Crippen molar-refractivity contribution >= 4 is 43.3 Å². The molecule has 8 nitrogen and oxygen atoms in total. The van der Waals surface area contributed by atoms with E-state index >= 15 is 0 Å². The highest BCUT2D eigenvalue weighted by molar-refractivity contribution is 7.92. The molecule has 2 aromatic carbocycles. The number of hydrogen-bond acceptors (Lipinski definition) is 8. The minimum Gasteiger partial charge on any atom is -0.403 e. The molecular weight excluding hydrogens is 412 g/mol. The summed E-state index contributed by atoms with van der Waals surface area (Å²) in [5, 5.41) is 9.80. The lowest BCUT2D eigenvalue weighted by Gasteiger charge is -2.07. The number of benzene rings is 2. The van der Waals surface area contributed by atoms with Gasteiger partial charge in [0.2, 0.25) is 5.89 Å². The Morgan fingerprint density at radius 1 is 1.10 bits per heavy atom. The predicted octanol–water partition coefficient (Wildman–Crippen LogP) is 3.78. The van der Waals surface area contributed by atoms with Gasteiger partial charge in [-0.25, -0.2) is 13.4 Å². The molecule has 148 valence electrons. The van der Waals surface area contributed by atoms with Gasteiger partial charge < -0.3 is 4.42 Å². The van der Waals surface area contributed by atoms with Crippen LogP contribution in [0, 0.1) is 0 Å². The lowest BCUT2D eigenvalue weighted by atomic mass is 10.2. The number of amides is 1. The number of thiazole rings is 1. The van der Waals surface area contributed by atoms with E-state index in [0.29, 0.717) is 11.1 Å². The number of sulfone groups is 1. The quantitative estimate of drug-likeness (QED) is 0.514. The number of aromatic nitrogens is 3. The monoisotopic (exact) mass is 428 g/mol. The minimum absolute atomic E-state index is 0.0479. The van der Waals surface area contributed by atoms with Crippen LogP contribution in [0.3, 0.4) is 0 Å². The number of nitrogens with zero attached hydrogens (tertiary/aromatic N) is 3. The molecule has 1 N–H and O–H groups in total. The van der Waals surface area contributed by atoms with Gasteiger partial charge in [-0.2, -0.15) is 0 Å². The fraction of sp³-hybridized carbons (Fsp3) is 0.158. The van der Waals surface area contributed by atoms with Gasteiger partial charge in [0.05, 0.1) is 25.9 Å². The molecule has 0 bridgehead atoms. The second kappa shape index (κ2) is 7.37. The van der Waals surface area contributed by atoms with Crippen LogP contribution in [0.25, 0.3) is 21.7 Å². The summed E-state index contributed by atoms with van der Waals surface area (Å²) in [5.41, 5.74) is 3.54. The van der Waals surface area contributed by atoms with E-state index in [4.69, 9.17) is 4.42 Å². The van der Waals surface area contributed by atoms with Crippen molar-refractivity contribution in [2.24, 2.45) is 0 Å². The fourth-order valence-electron chi connectivity index (χ4n) is 2.62. The first-order valence-electron chi connectivity index (χ1n) is 8.67. The Hall–Kier alpha value is -3.11. The second-order valence-electron chi connectivity index (χ2n) is 6.52. The average Bonchev–Trinajstić information content (AvgIpc) is 3.36. The van der Waals surface area contributed by atoms with Crippen molar-refractivity contribution < 1.29 is 17.6 Å². The van der Waals surface area contributed by atoms with Gasteiger partial charge in [-0.1, -0.05) is 5.10 Å². The summed E-state index contributed by atoms with van der Waals surface area (Å²) in [6, 6.07) is 11.3. The second-order valence-corrected chi connectivity index (χ2v) is 9.91. The third-order valence-electron chi connectivity index (χ3n) is 4.29. The zero-order valence-electron chi connectivity index (χ0n) is 15.5. The van der Waals surface area contributed by atoms with E-state index < -0.39 is 15.1 Å². The van der Waals surface area contributed by atoms with Crippen molar-refractivity contribution in [2.75, 3.05) is 5.32 Å². The van der Waals surface area contributed by atoms with E-state index in [2.05, 4.69) is 20.5 Å². The van der Waals surface area contributed by atoms with E-state index in [9.17, 15) is 13.2 Å². The Morgan fingerprint density at radius 2 is 1.86 bits per heavy atom. The average molecular weight is 428 g/mol. The number of anilines is 1. The third kappa shape index (κ3) is 3.76. The molecule has 0 saturated carbocycles. The molecule has 2 aromatic heterocycles. The van der Waals surface area contributed by atoms with Crippen LogP contribution in [0.15, 0.2) is 57.3 Å². The van der Waals surface area contributed by atoms with Gasteiger partial charge >= 0.3 is 6.01 Å². The van der Waals surface area contributed by atoms with E-state index in [1.54, 1.807) is 49.7 Å². The SMILES string of the molecule is CC(C)S(=O)(=O)c1ccc(-c2nnc(NC(=O)c3ccc4ncsc4c3)o2)cc1. The Morgan fingerprint density at radius 3 is 2.59 bits per heavy atom. The van der Waals surface area contributed by atoms with Crippen molar-refractivity contribution in [3.63, 3.8) is 0 Å². The van der Waals surface area contributed by atoms with Gasteiger partial charge in [0.25, 0.3) is 5.91 Å². The van der Waals surface area contributed by atoms with E-state index in [1.807, 2.05) is 0 Å². The molecule has 0 atom stereocenters. The molecule has 0 aliphatic heterocycles. The normalized spacial score (nSPS) is 11.8. The van der Waals surface area contributed by atoms with E-state index in [1.165, 1.54) is 23.5 Å². The van der Waals surface area contributed by atoms with Crippen LogP contribution in [0.2, 0.25) is 0 Å². The van der Waals surface area contributed by atoms with Crippen LogP contribution in [0.5, 0.6) is 0 Å². The number of carbonyl (C=O) groups excluding carboxylic acids is 1. The van der Waals surface area contributed by atoms with Crippen molar-refractivity contribution in [1.29, 1.82) is 0 Å². The Kier molecular flexibility index (Phi) is 4.89. The van der Waals surface area contributed by atoms with Gasteiger partial charge in [-0.15, -0.1) is 16.4 Å². The molecule has 29 heavy (non-hydrogen) atoms. The van der Waals surface area contributed by atoms with Crippen LogP contribution in [-0.2, 0) is 9.84 Å². The topological polar surface area (TPSA) is 115 Å². The first kappa shape index (κ1) is 19.2.